The molecule has 0 amide bonds. The Hall–Kier alpha value is -2.97. The van der Waals surface area contributed by atoms with E-state index in [1.165, 1.54) is 0 Å². The molecule has 0 radical (unpaired) electrons. The lowest BCUT2D eigenvalue weighted by atomic mass is 9.97. The van der Waals surface area contributed by atoms with Crippen LogP contribution in [0.4, 0.5) is 5.82 Å². The number of aromatic nitrogens is 4. The molecule has 5 rings (SSSR count). The first kappa shape index (κ1) is 20.9. The van der Waals surface area contributed by atoms with Crippen LogP contribution in [0.25, 0.3) is 17.1 Å². The highest BCUT2D eigenvalue weighted by Crippen LogP contribution is 2.23. The standard InChI is InChI=1S/C24H29N5O3/c1-2-4-20(5-3-1)21-6-10-29(27-21)23-18-22(28-11-16-31-17-12-28)25-24(26-23)32-15-9-19-7-13-30-14-8-19/h1-6,10,18-19H,7-9,11-17H2. The van der Waals surface area contributed by atoms with Gasteiger partial charge in [0.2, 0.25) is 0 Å². The average Bonchev–Trinajstić information content (AvgIpc) is 3.36. The highest BCUT2D eigenvalue weighted by atomic mass is 16.5. The summed E-state index contributed by atoms with van der Waals surface area (Å²) in [6.45, 7) is 5.28. The van der Waals surface area contributed by atoms with E-state index in [9.17, 15) is 0 Å². The minimum atomic E-state index is 0.396. The van der Waals surface area contributed by atoms with Gasteiger partial charge in [0, 0.05) is 44.1 Å². The third kappa shape index (κ3) is 5.08. The van der Waals surface area contributed by atoms with Gasteiger partial charge in [-0.05, 0) is 31.2 Å². The summed E-state index contributed by atoms with van der Waals surface area (Å²) >= 11 is 0. The molecule has 0 bridgehead atoms. The Kier molecular flexibility index (Phi) is 6.60. The molecule has 2 saturated heterocycles. The van der Waals surface area contributed by atoms with E-state index in [0.717, 1.165) is 62.6 Å². The Morgan fingerprint density at radius 2 is 1.66 bits per heavy atom. The zero-order valence-electron chi connectivity index (χ0n) is 18.2. The van der Waals surface area contributed by atoms with Gasteiger partial charge in [-0.1, -0.05) is 30.3 Å². The number of nitrogens with zero attached hydrogens (tertiary/aromatic N) is 5. The van der Waals surface area contributed by atoms with Crippen LogP contribution in [0.5, 0.6) is 6.01 Å². The van der Waals surface area contributed by atoms with Gasteiger partial charge in [0.1, 0.15) is 5.82 Å². The summed E-state index contributed by atoms with van der Waals surface area (Å²) in [7, 11) is 0. The first-order valence-electron chi connectivity index (χ1n) is 11.4. The molecule has 3 aromatic rings. The van der Waals surface area contributed by atoms with E-state index in [2.05, 4.69) is 22.0 Å². The second kappa shape index (κ2) is 10.1. The largest absolute Gasteiger partial charge is 0.463 e. The monoisotopic (exact) mass is 435 g/mol. The molecule has 4 heterocycles. The maximum atomic E-state index is 6.03. The Labute approximate surface area is 188 Å². The van der Waals surface area contributed by atoms with Crippen molar-refractivity contribution < 1.29 is 14.2 Å². The zero-order valence-corrected chi connectivity index (χ0v) is 18.2. The predicted molar refractivity (Wildman–Crippen MR) is 121 cm³/mol. The fourth-order valence-corrected chi connectivity index (χ4v) is 4.10. The van der Waals surface area contributed by atoms with Gasteiger partial charge >= 0.3 is 6.01 Å². The number of morpholine rings is 1. The molecule has 0 spiro atoms. The third-order valence-electron chi connectivity index (χ3n) is 6.01. The molecular weight excluding hydrogens is 406 g/mol. The van der Waals surface area contributed by atoms with Crippen molar-refractivity contribution >= 4 is 5.82 Å². The summed E-state index contributed by atoms with van der Waals surface area (Å²) in [5, 5.41) is 4.75. The van der Waals surface area contributed by atoms with Gasteiger partial charge in [0.15, 0.2) is 5.82 Å². The van der Waals surface area contributed by atoms with E-state index < -0.39 is 0 Å². The fraction of sp³-hybridized carbons (Fsp3) is 0.458. The van der Waals surface area contributed by atoms with Crippen LogP contribution in [0, 0.1) is 5.92 Å². The molecule has 2 aliphatic rings. The van der Waals surface area contributed by atoms with Crippen LogP contribution in [0.15, 0.2) is 48.7 Å². The maximum absolute atomic E-state index is 6.03. The number of benzene rings is 1. The predicted octanol–water partition coefficient (Wildman–Crippen LogP) is 3.36. The molecule has 2 fully saturated rings. The quantitative estimate of drug-likeness (QED) is 0.563. The number of anilines is 1. The first-order chi connectivity index (χ1) is 15.8. The lowest BCUT2D eigenvalue weighted by Gasteiger charge is -2.28. The van der Waals surface area contributed by atoms with E-state index in [4.69, 9.17) is 24.3 Å². The Balaban J connectivity index is 1.37. The Morgan fingerprint density at radius 1 is 0.906 bits per heavy atom. The molecule has 8 nitrogen and oxygen atoms in total. The van der Waals surface area contributed by atoms with E-state index >= 15 is 0 Å². The van der Waals surface area contributed by atoms with Gasteiger partial charge in [0.25, 0.3) is 0 Å². The van der Waals surface area contributed by atoms with E-state index in [1.54, 1.807) is 4.68 Å². The molecule has 0 aliphatic carbocycles. The number of rotatable bonds is 7. The lowest BCUT2D eigenvalue weighted by molar-refractivity contribution is 0.0589. The molecular formula is C24H29N5O3. The topological polar surface area (TPSA) is 74.5 Å². The van der Waals surface area contributed by atoms with Gasteiger partial charge in [-0.25, -0.2) is 4.68 Å². The van der Waals surface area contributed by atoms with Gasteiger partial charge in [-0.3, -0.25) is 0 Å². The second-order valence-corrected chi connectivity index (χ2v) is 8.17. The van der Waals surface area contributed by atoms with E-state index in [1.807, 2.05) is 36.5 Å². The molecule has 1 aromatic carbocycles. The van der Waals surface area contributed by atoms with Crippen LogP contribution < -0.4 is 9.64 Å². The summed E-state index contributed by atoms with van der Waals surface area (Å²) in [5.74, 6) is 2.19. The van der Waals surface area contributed by atoms with Crippen LogP contribution in [-0.4, -0.2) is 65.9 Å². The van der Waals surface area contributed by atoms with Gasteiger partial charge in [-0.2, -0.15) is 15.1 Å². The Bertz CT molecular complexity index is 998. The Morgan fingerprint density at radius 3 is 2.47 bits per heavy atom. The van der Waals surface area contributed by atoms with Crippen LogP contribution in [-0.2, 0) is 9.47 Å². The number of hydrogen-bond donors (Lipinski definition) is 0. The highest BCUT2D eigenvalue weighted by molar-refractivity contribution is 5.58. The van der Waals surface area contributed by atoms with Crippen LogP contribution in [0.2, 0.25) is 0 Å². The first-order valence-corrected chi connectivity index (χ1v) is 11.4. The zero-order chi connectivity index (χ0) is 21.6. The van der Waals surface area contributed by atoms with Crippen LogP contribution in [0.1, 0.15) is 19.3 Å². The molecule has 2 aromatic heterocycles. The molecule has 0 unspecified atom stereocenters. The number of hydrogen-bond acceptors (Lipinski definition) is 7. The summed E-state index contributed by atoms with van der Waals surface area (Å²) in [4.78, 5) is 11.6. The molecule has 0 N–H and O–H groups in total. The van der Waals surface area contributed by atoms with Gasteiger partial charge in [-0.15, -0.1) is 0 Å². The maximum Gasteiger partial charge on any atom is 0.320 e. The minimum Gasteiger partial charge on any atom is -0.463 e. The molecule has 32 heavy (non-hydrogen) atoms. The third-order valence-corrected chi connectivity index (χ3v) is 6.01. The SMILES string of the molecule is c1ccc(-c2ccn(-c3cc(N4CCOCC4)nc(OCCC4CCOCC4)n3)n2)cc1. The van der Waals surface area contributed by atoms with Gasteiger partial charge < -0.3 is 19.1 Å². The fourth-order valence-electron chi connectivity index (χ4n) is 4.10. The molecule has 168 valence electrons. The van der Waals surface area contributed by atoms with Gasteiger partial charge in [0.05, 0.1) is 25.5 Å². The molecule has 0 atom stereocenters. The van der Waals surface area contributed by atoms with Crippen molar-refractivity contribution in [3.8, 4) is 23.1 Å². The normalized spacial score (nSPS) is 17.4. The summed E-state index contributed by atoms with van der Waals surface area (Å²) < 4.78 is 18.8. The summed E-state index contributed by atoms with van der Waals surface area (Å²) in [6.07, 6.45) is 5.11. The van der Waals surface area contributed by atoms with E-state index in [0.29, 0.717) is 37.6 Å². The highest BCUT2D eigenvalue weighted by Gasteiger charge is 2.18. The van der Waals surface area contributed by atoms with E-state index in [-0.39, 0.29) is 0 Å². The molecule has 8 heteroatoms. The molecule has 2 aliphatic heterocycles. The minimum absolute atomic E-state index is 0.396. The molecule has 0 saturated carbocycles. The van der Waals surface area contributed by atoms with Crippen molar-refractivity contribution in [3.05, 3.63) is 48.7 Å². The van der Waals surface area contributed by atoms with Crippen molar-refractivity contribution in [2.45, 2.75) is 19.3 Å². The summed E-state index contributed by atoms with van der Waals surface area (Å²) in [6, 6.07) is 14.5. The van der Waals surface area contributed by atoms with Crippen LogP contribution in [0.3, 0.4) is 0 Å². The summed E-state index contributed by atoms with van der Waals surface area (Å²) in [5.41, 5.74) is 1.97. The van der Waals surface area contributed by atoms with Crippen molar-refractivity contribution in [2.24, 2.45) is 5.92 Å². The van der Waals surface area contributed by atoms with Crippen LogP contribution >= 0.6 is 0 Å². The second-order valence-electron chi connectivity index (χ2n) is 8.17. The van der Waals surface area contributed by atoms with Crippen molar-refractivity contribution in [3.63, 3.8) is 0 Å². The smallest absolute Gasteiger partial charge is 0.320 e. The van der Waals surface area contributed by atoms with Crippen molar-refractivity contribution in [1.82, 2.24) is 19.7 Å². The lowest BCUT2D eigenvalue weighted by Crippen LogP contribution is -2.37. The average molecular weight is 436 g/mol. The van der Waals surface area contributed by atoms with Crippen molar-refractivity contribution in [2.75, 3.05) is 51.0 Å². The van der Waals surface area contributed by atoms with Crippen molar-refractivity contribution in [1.29, 1.82) is 0 Å². The number of ether oxygens (including phenoxy) is 3.